The Morgan fingerprint density at radius 3 is 2.25 bits per heavy atom. The molecule has 0 saturated carbocycles. The first-order chi connectivity index (χ1) is 7.49. The maximum absolute atomic E-state index is 13.5. The minimum atomic E-state index is -0.761. The van der Waals surface area contributed by atoms with Gasteiger partial charge in [0.2, 0.25) is 0 Å². The zero-order chi connectivity index (χ0) is 11.9. The Hall–Kier alpha value is -1.62. The van der Waals surface area contributed by atoms with Crippen LogP contribution in [0.5, 0.6) is 0 Å². The largest absolute Gasteiger partial charge is 0.384 e. The smallest absolute Gasteiger partial charge is 0.137 e. The molecular weight excluding hydrogens is 236 g/mol. The van der Waals surface area contributed by atoms with Crippen molar-refractivity contribution in [1.82, 2.24) is 9.78 Å². The van der Waals surface area contributed by atoms with Crippen LogP contribution in [0.25, 0.3) is 11.3 Å². The molecule has 0 atom stereocenters. The normalized spacial score (nSPS) is 10.8. The van der Waals surface area contributed by atoms with Crippen molar-refractivity contribution in [2.45, 2.75) is 0 Å². The van der Waals surface area contributed by atoms with Crippen LogP contribution in [0.1, 0.15) is 0 Å². The molecule has 0 amide bonds. The number of halogens is 3. The molecule has 1 aromatic carbocycles. The zero-order valence-electron chi connectivity index (χ0n) is 8.34. The molecule has 6 heteroatoms. The van der Waals surface area contributed by atoms with Gasteiger partial charge in [-0.15, -0.1) is 0 Å². The third-order valence-corrected chi connectivity index (χ3v) is 2.40. The topological polar surface area (TPSA) is 43.8 Å². The highest BCUT2D eigenvalue weighted by Crippen LogP contribution is 2.28. The Labute approximate surface area is 95.4 Å². The molecule has 1 aromatic heterocycles. The van der Waals surface area contributed by atoms with E-state index in [2.05, 4.69) is 5.10 Å². The van der Waals surface area contributed by atoms with Gasteiger partial charge < -0.3 is 5.73 Å². The quantitative estimate of drug-likeness (QED) is 0.837. The van der Waals surface area contributed by atoms with Crippen LogP contribution < -0.4 is 5.73 Å². The van der Waals surface area contributed by atoms with Gasteiger partial charge in [0.05, 0.1) is 5.56 Å². The number of aromatic nitrogens is 2. The fourth-order valence-electron chi connectivity index (χ4n) is 1.39. The van der Waals surface area contributed by atoms with Crippen molar-refractivity contribution >= 4 is 17.4 Å². The third-order valence-electron chi connectivity index (χ3n) is 2.18. The molecule has 0 aliphatic rings. The van der Waals surface area contributed by atoms with E-state index in [1.165, 1.54) is 10.7 Å². The first-order valence-electron chi connectivity index (χ1n) is 4.43. The SMILES string of the molecule is Cn1nc(-c2c(F)cc(Cl)cc2F)cc1N. The van der Waals surface area contributed by atoms with Crippen molar-refractivity contribution < 1.29 is 8.78 Å². The fraction of sp³-hybridized carbons (Fsp3) is 0.100. The summed E-state index contributed by atoms with van der Waals surface area (Å²) in [5.74, 6) is -1.20. The van der Waals surface area contributed by atoms with Crippen LogP contribution in [0.4, 0.5) is 14.6 Å². The number of hydrogen-bond donors (Lipinski definition) is 1. The van der Waals surface area contributed by atoms with E-state index in [1.807, 2.05) is 0 Å². The minimum Gasteiger partial charge on any atom is -0.384 e. The van der Waals surface area contributed by atoms with E-state index in [0.29, 0.717) is 5.82 Å². The lowest BCUT2D eigenvalue weighted by Gasteiger charge is -2.01. The number of nitrogens with zero attached hydrogens (tertiary/aromatic N) is 2. The molecule has 0 aliphatic carbocycles. The third kappa shape index (κ3) is 1.74. The number of anilines is 1. The lowest BCUT2D eigenvalue weighted by atomic mass is 10.1. The maximum atomic E-state index is 13.5. The summed E-state index contributed by atoms with van der Waals surface area (Å²) in [5.41, 5.74) is 5.46. The standard InChI is InChI=1S/C10H8ClF2N3/c1-16-9(14)4-8(15-16)10-6(12)2-5(11)3-7(10)13/h2-4H,14H2,1H3. The van der Waals surface area contributed by atoms with Gasteiger partial charge in [-0.05, 0) is 12.1 Å². The summed E-state index contributed by atoms with van der Waals surface area (Å²) in [6.07, 6.45) is 0. The highest BCUT2D eigenvalue weighted by atomic mass is 35.5. The number of rotatable bonds is 1. The van der Waals surface area contributed by atoms with Crippen LogP contribution >= 0.6 is 11.6 Å². The van der Waals surface area contributed by atoms with Crippen LogP contribution in [-0.4, -0.2) is 9.78 Å². The van der Waals surface area contributed by atoms with E-state index in [-0.39, 0.29) is 16.3 Å². The predicted molar refractivity (Wildman–Crippen MR) is 58.0 cm³/mol. The van der Waals surface area contributed by atoms with Gasteiger partial charge in [0.1, 0.15) is 23.1 Å². The molecule has 3 nitrogen and oxygen atoms in total. The van der Waals surface area contributed by atoms with Gasteiger partial charge in [0.25, 0.3) is 0 Å². The molecule has 0 spiro atoms. The molecule has 0 unspecified atom stereocenters. The number of benzene rings is 1. The molecule has 0 radical (unpaired) electrons. The van der Waals surface area contributed by atoms with Gasteiger partial charge in [0, 0.05) is 18.1 Å². The molecule has 84 valence electrons. The summed E-state index contributed by atoms with van der Waals surface area (Å²) in [6.45, 7) is 0. The second-order valence-corrected chi connectivity index (χ2v) is 3.76. The van der Waals surface area contributed by atoms with Crippen LogP contribution in [0.3, 0.4) is 0 Å². The maximum Gasteiger partial charge on any atom is 0.137 e. The van der Waals surface area contributed by atoms with Crippen LogP contribution in [0.15, 0.2) is 18.2 Å². The molecule has 0 bridgehead atoms. The Balaban J connectivity index is 2.64. The second kappa shape index (κ2) is 3.75. The number of aryl methyl sites for hydroxylation is 1. The van der Waals surface area contributed by atoms with Crippen LogP contribution in [0.2, 0.25) is 5.02 Å². The summed E-state index contributed by atoms with van der Waals surface area (Å²) in [4.78, 5) is 0. The summed E-state index contributed by atoms with van der Waals surface area (Å²) in [6, 6.07) is 3.46. The molecule has 2 rings (SSSR count). The number of hydrogen-bond acceptors (Lipinski definition) is 2. The van der Waals surface area contributed by atoms with Crippen LogP contribution in [0, 0.1) is 11.6 Å². The van der Waals surface area contributed by atoms with Gasteiger partial charge >= 0.3 is 0 Å². The zero-order valence-corrected chi connectivity index (χ0v) is 9.09. The molecule has 0 fully saturated rings. The van der Waals surface area contributed by atoms with E-state index in [0.717, 1.165) is 12.1 Å². The Kier molecular flexibility index (Phi) is 2.55. The highest BCUT2D eigenvalue weighted by Gasteiger charge is 2.16. The van der Waals surface area contributed by atoms with Crippen molar-refractivity contribution in [2.75, 3.05) is 5.73 Å². The molecule has 16 heavy (non-hydrogen) atoms. The molecular formula is C10H8ClF2N3. The van der Waals surface area contributed by atoms with Crippen molar-refractivity contribution in [3.8, 4) is 11.3 Å². The summed E-state index contributed by atoms with van der Waals surface area (Å²) >= 11 is 5.52. The molecule has 2 aromatic rings. The average Bonchev–Trinajstić information content (AvgIpc) is 2.44. The van der Waals surface area contributed by atoms with Crippen molar-refractivity contribution in [3.63, 3.8) is 0 Å². The average molecular weight is 244 g/mol. The Morgan fingerprint density at radius 1 is 1.25 bits per heavy atom. The highest BCUT2D eigenvalue weighted by molar-refractivity contribution is 6.30. The lowest BCUT2D eigenvalue weighted by Crippen LogP contribution is -1.97. The molecule has 0 saturated heterocycles. The number of nitrogen functional groups attached to an aromatic ring is 1. The molecule has 0 aliphatic heterocycles. The van der Waals surface area contributed by atoms with Gasteiger partial charge in [0.15, 0.2) is 0 Å². The van der Waals surface area contributed by atoms with Crippen molar-refractivity contribution in [3.05, 3.63) is 34.9 Å². The minimum absolute atomic E-state index is 0.00246. The molecule has 2 N–H and O–H groups in total. The fourth-order valence-corrected chi connectivity index (χ4v) is 1.58. The van der Waals surface area contributed by atoms with Crippen LogP contribution in [-0.2, 0) is 7.05 Å². The molecule has 1 heterocycles. The van der Waals surface area contributed by atoms with Crippen molar-refractivity contribution in [1.29, 1.82) is 0 Å². The predicted octanol–water partition coefficient (Wildman–Crippen LogP) is 2.60. The van der Waals surface area contributed by atoms with E-state index >= 15 is 0 Å². The van der Waals surface area contributed by atoms with Gasteiger partial charge in [-0.2, -0.15) is 5.10 Å². The summed E-state index contributed by atoms with van der Waals surface area (Å²) < 4.78 is 28.4. The lowest BCUT2D eigenvalue weighted by molar-refractivity contribution is 0.588. The summed E-state index contributed by atoms with van der Waals surface area (Å²) in [5, 5.41) is 3.90. The monoisotopic (exact) mass is 243 g/mol. The Morgan fingerprint density at radius 2 is 1.81 bits per heavy atom. The summed E-state index contributed by atoms with van der Waals surface area (Å²) in [7, 11) is 1.59. The Bertz CT molecular complexity index is 508. The first kappa shape index (κ1) is 10.9. The van der Waals surface area contributed by atoms with Crippen molar-refractivity contribution in [2.24, 2.45) is 7.05 Å². The van der Waals surface area contributed by atoms with Gasteiger partial charge in [-0.1, -0.05) is 11.6 Å². The van der Waals surface area contributed by atoms with E-state index in [9.17, 15) is 8.78 Å². The van der Waals surface area contributed by atoms with Gasteiger partial charge in [-0.25, -0.2) is 8.78 Å². The first-order valence-corrected chi connectivity index (χ1v) is 4.81. The van der Waals surface area contributed by atoms with E-state index in [1.54, 1.807) is 7.05 Å². The van der Waals surface area contributed by atoms with E-state index in [4.69, 9.17) is 17.3 Å². The van der Waals surface area contributed by atoms with E-state index < -0.39 is 11.6 Å². The second-order valence-electron chi connectivity index (χ2n) is 3.32. The number of nitrogens with two attached hydrogens (primary N) is 1. The van der Waals surface area contributed by atoms with Gasteiger partial charge in [-0.3, -0.25) is 4.68 Å².